The lowest BCUT2D eigenvalue weighted by Crippen LogP contribution is -2.42. The molecule has 1 saturated heterocycles. The number of ketones is 1. The van der Waals surface area contributed by atoms with Gasteiger partial charge in [0.25, 0.3) is 0 Å². The molecule has 0 spiro atoms. The zero-order valence-electron chi connectivity index (χ0n) is 15.2. The highest BCUT2D eigenvalue weighted by molar-refractivity contribution is 6.05. The molecule has 5 nitrogen and oxygen atoms in total. The maximum atomic E-state index is 12.6. The Hall–Kier alpha value is -1.65. The van der Waals surface area contributed by atoms with Gasteiger partial charge in [-0.2, -0.15) is 0 Å². The van der Waals surface area contributed by atoms with Crippen molar-refractivity contribution in [3.05, 3.63) is 18.2 Å². The van der Waals surface area contributed by atoms with Gasteiger partial charge >= 0.3 is 0 Å². The van der Waals surface area contributed by atoms with Gasteiger partial charge in [0.15, 0.2) is 0 Å². The predicted molar refractivity (Wildman–Crippen MR) is 90.0 cm³/mol. The molecule has 1 N–H and O–H groups in total. The van der Waals surface area contributed by atoms with Gasteiger partial charge in [-0.3, -0.25) is 9.59 Å². The van der Waals surface area contributed by atoms with Crippen molar-refractivity contribution in [3.8, 4) is 0 Å². The Morgan fingerprint density at radius 3 is 2.52 bits per heavy atom. The van der Waals surface area contributed by atoms with Crippen LogP contribution in [-0.4, -0.2) is 39.6 Å². The Balaban J connectivity index is 2.07. The lowest BCUT2D eigenvalue weighted by molar-refractivity contribution is -0.143. The number of aromatic amines is 1. The van der Waals surface area contributed by atoms with Gasteiger partial charge in [-0.1, -0.05) is 27.7 Å². The Kier molecular flexibility index (Phi) is 4.44. The zero-order valence-corrected chi connectivity index (χ0v) is 15.2. The molecule has 1 unspecified atom stereocenters. The van der Waals surface area contributed by atoms with Gasteiger partial charge < -0.3 is 9.88 Å². The van der Waals surface area contributed by atoms with Crippen LogP contribution >= 0.6 is 0 Å². The molecule has 0 bridgehead atoms. The maximum Gasteiger partial charge on any atom is 0.236 e. The second-order valence-corrected chi connectivity index (χ2v) is 8.56. The summed E-state index contributed by atoms with van der Waals surface area (Å²) in [6.45, 7) is 13.4. The summed E-state index contributed by atoms with van der Waals surface area (Å²) in [6, 6.07) is 0. The fourth-order valence-electron chi connectivity index (χ4n) is 3.88. The second kappa shape index (κ2) is 5.77. The van der Waals surface area contributed by atoms with Crippen LogP contribution in [0.3, 0.4) is 0 Å². The standard InChI is InChI=1S/C18H29N3O2/c1-13(22)18(6)7-8-21(15(18)23)11-16(2,3)10-17(4,5)14-9-19-12-20-14/h9,12H,7-8,10-11H2,1-6H3,(H,19,20). The lowest BCUT2D eigenvalue weighted by atomic mass is 9.73. The number of carbonyl (C=O) groups excluding carboxylic acids is 2. The van der Waals surface area contributed by atoms with E-state index in [1.165, 1.54) is 6.92 Å². The Bertz CT molecular complexity index is 589. The largest absolute Gasteiger partial charge is 0.348 e. The summed E-state index contributed by atoms with van der Waals surface area (Å²) in [5, 5.41) is 0. The van der Waals surface area contributed by atoms with Gasteiger partial charge in [0, 0.05) is 30.4 Å². The first kappa shape index (κ1) is 17.7. The van der Waals surface area contributed by atoms with Crippen molar-refractivity contribution in [3.63, 3.8) is 0 Å². The second-order valence-electron chi connectivity index (χ2n) is 8.56. The van der Waals surface area contributed by atoms with Gasteiger partial charge in [-0.25, -0.2) is 4.98 Å². The quantitative estimate of drug-likeness (QED) is 0.820. The van der Waals surface area contributed by atoms with Gasteiger partial charge in [0.1, 0.15) is 11.2 Å². The molecule has 128 valence electrons. The molecule has 0 saturated carbocycles. The van der Waals surface area contributed by atoms with Crippen LogP contribution < -0.4 is 0 Å². The highest BCUT2D eigenvalue weighted by Crippen LogP contribution is 2.39. The number of Topliss-reactive ketones (excluding diaryl/α,β-unsaturated/α-hetero) is 1. The molecule has 0 radical (unpaired) electrons. The van der Waals surface area contributed by atoms with Gasteiger partial charge in [-0.05, 0) is 32.1 Å². The van der Waals surface area contributed by atoms with Crippen molar-refractivity contribution in [2.75, 3.05) is 13.1 Å². The highest BCUT2D eigenvalue weighted by Gasteiger charge is 2.47. The van der Waals surface area contributed by atoms with E-state index in [4.69, 9.17) is 0 Å². The van der Waals surface area contributed by atoms with Crippen LogP contribution in [0.2, 0.25) is 0 Å². The molecule has 1 atom stereocenters. The van der Waals surface area contributed by atoms with Crippen LogP contribution in [0.5, 0.6) is 0 Å². The molecule has 1 aromatic heterocycles. The molecule has 0 aromatic carbocycles. The van der Waals surface area contributed by atoms with Crippen LogP contribution in [0.15, 0.2) is 12.5 Å². The van der Waals surface area contributed by atoms with Crippen LogP contribution in [0.1, 0.15) is 60.1 Å². The first-order valence-corrected chi connectivity index (χ1v) is 8.27. The van der Waals surface area contributed by atoms with Gasteiger partial charge in [0.05, 0.1) is 6.33 Å². The Morgan fingerprint density at radius 2 is 2.04 bits per heavy atom. The summed E-state index contributed by atoms with van der Waals surface area (Å²) in [5.41, 5.74) is 0.181. The molecule has 1 amide bonds. The minimum atomic E-state index is -0.824. The number of likely N-dealkylation sites (tertiary alicyclic amines) is 1. The third-order valence-corrected chi connectivity index (χ3v) is 5.18. The van der Waals surface area contributed by atoms with Gasteiger partial charge in [-0.15, -0.1) is 0 Å². The monoisotopic (exact) mass is 319 g/mol. The SMILES string of the molecule is CC(=O)C1(C)CCN(CC(C)(C)CC(C)(C)c2cnc[nH]2)C1=O. The lowest BCUT2D eigenvalue weighted by Gasteiger charge is -2.37. The zero-order chi connectivity index (χ0) is 17.5. The van der Waals surface area contributed by atoms with Crippen molar-refractivity contribution < 1.29 is 9.59 Å². The summed E-state index contributed by atoms with van der Waals surface area (Å²) in [4.78, 5) is 33.6. The smallest absolute Gasteiger partial charge is 0.236 e. The Morgan fingerprint density at radius 1 is 1.39 bits per heavy atom. The van der Waals surface area contributed by atoms with E-state index >= 15 is 0 Å². The normalized spacial score (nSPS) is 22.7. The fourth-order valence-corrected chi connectivity index (χ4v) is 3.88. The van der Waals surface area contributed by atoms with Crippen LogP contribution in [-0.2, 0) is 15.0 Å². The number of nitrogens with one attached hydrogen (secondary N) is 1. The number of H-pyrrole nitrogens is 1. The fraction of sp³-hybridized carbons (Fsp3) is 0.722. The third kappa shape index (κ3) is 3.48. The molecule has 1 aliphatic heterocycles. The van der Waals surface area contributed by atoms with Crippen molar-refractivity contribution >= 4 is 11.7 Å². The number of carbonyl (C=O) groups is 2. The van der Waals surface area contributed by atoms with E-state index in [2.05, 4.69) is 37.7 Å². The van der Waals surface area contributed by atoms with Crippen molar-refractivity contribution in [2.24, 2.45) is 10.8 Å². The molecule has 1 aliphatic rings. The number of aromatic nitrogens is 2. The molecule has 1 fully saturated rings. The topological polar surface area (TPSA) is 66.1 Å². The molecule has 0 aliphatic carbocycles. The van der Waals surface area contributed by atoms with E-state index in [0.29, 0.717) is 19.5 Å². The first-order chi connectivity index (χ1) is 10.5. The summed E-state index contributed by atoms with van der Waals surface area (Å²) in [5.74, 6) is -0.0435. The molecule has 23 heavy (non-hydrogen) atoms. The average Bonchev–Trinajstić information content (AvgIpc) is 3.02. The van der Waals surface area contributed by atoms with E-state index in [0.717, 1.165) is 12.1 Å². The van der Waals surface area contributed by atoms with Crippen molar-refractivity contribution in [1.82, 2.24) is 14.9 Å². The number of hydrogen-bond donors (Lipinski definition) is 1. The van der Waals surface area contributed by atoms with Crippen LogP contribution in [0, 0.1) is 10.8 Å². The summed E-state index contributed by atoms with van der Waals surface area (Å²) in [6.07, 6.45) is 5.11. The van der Waals surface area contributed by atoms with Crippen LogP contribution in [0.4, 0.5) is 0 Å². The summed E-state index contributed by atoms with van der Waals surface area (Å²) >= 11 is 0. The van der Waals surface area contributed by atoms with Gasteiger partial charge in [0.2, 0.25) is 5.91 Å². The molecular formula is C18H29N3O2. The average molecular weight is 319 g/mol. The van der Waals surface area contributed by atoms with E-state index in [1.54, 1.807) is 13.3 Å². The third-order valence-electron chi connectivity index (χ3n) is 5.18. The summed E-state index contributed by atoms with van der Waals surface area (Å²) < 4.78 is 0. The molecule has 5 heteroatoms. The number of nitrogens with zero attached hydrogens (tertiary/aromatic N) is 2. The van der Waals surface area contributed by atoms with E-state index in [-0.39, 0.29) is 22.5 Å². The molecule has 2 rings (SSSR count). The number of rotatable bonds is 6. The molecule has 2 heterocycles. The van der Waals surface area contributed by atoms with E-state index < -0.39 is 5.41 Å². The maximum absolute atomic E-state index is 12.6. The number of amides is 1. The van der Waals surface area contributed by atoms with Crippen molar-refractivity contribution in [2.45, 2.75) is 59.8 Å². The first-order valence-electron chi connectivity index (χ1n) is 8.27. The van der Waals surface area contributed by atoms with E-state index in [1.807, 2.05) is 11.1 Å². The number of hydrogen-bond acceptors (Lipinski definition) is 3. The number of imidazole rings is 1. The van der Waals surface area contributed by atoms with Crippen LogP contribution in [0.25, 0.3) is 0 Å². The van der Waals surface area contributed by atoms with E-state index in [9.17, 15) is 9.59 Å². The Labute approximate surface area is 138 Å². The highest BCUT2D eigenvalue weighted by atomic mass is 16.2. The summed E-state index contributed by atoms with van der Waals surface area (Å²) in [7, 11) is 0. The molecular weight excluding hydrogens is 290 g/mol. The molecule has 1 aromatic rings. The minimum Gasteiger partial charge on any atom is -0.348 e. The van der Waals surface area contributed by atoms with Crippen molar-refractivity contribution in [1.29, 1.82) is 0 Å². The minimum absolute atomic E-state index is 0.0163. The predicted octanol–water partition coefficient (Wildman–Crippen LogP) is 2.93.